The fourth-order valence-electron chi connectivity index (χ4n) is 2.47. The highest BCUT2D eigenvalue weighted by atomic mass is 35.5. The third kappa shape index (κ3) is 4.09. The molecule has 0 saturated heterocycles. The molecule has 27 heavy (non-hydrogen) atoms. The Kier molecular flexibility index (Phi) is 5.44. The molecule has 0 bridgehead atoms. The van der Waals surface area contributed by atoms with Crippen molar-refractivity contribution in [2.24, 2.45) is 0 Å². The number of hydrogen-bond acceptors (Lipinski definition) is 6. The maximum Gasteiger partial charge on any atom is 0.262 e. The number of benzene rings is 1. The van der Waals surface area contributed by atoms with Gasteiger partial charge in [0.1, 0.15) is 0 Å². The van der Waals surface area contributed by atoms with Crippen molar-refractivity contribution >= 4 is 34.3 Å². The number of nitrogens with zero attached hydrogens (tertiary/aromatic N) is 4. The van der Waals surface area contributed by atoms with E-state index in [4.69, 9.17) is 16.1 Å². The van der Waals surface area contributed by atoms with Crippen LogP contribution in [-0.4, -0.2) is 19.7 Å². The topological polar surface area (TPSA) is 73.8 Å². The molecule has 2 aromatic heterocycles. The highest BCUT2D eigenvalue weighted by Gasteiger charge is 2.24. The third-order valence-corrected chi connectivity index (χ3v) is 5.25. The van der Waals surface area contributed by atoms with E-state index in [2.05, 4.69) is 21.7 Å². The van der Waals surface area contributed by atoms with Gasteiger partial charge in [-0.05, 0) is 25.1 Å². The van der Waals surface area contributed by atoms with Crippen molar-refractivity contribution in [1.29, 1.82) is 0 Å². The van der Waals surface area contributed by atoms with Crippen LogP contribution in [0.5, 0.6) is 0 Å². The molecule has 0 saturated carbocycles. The van der Waals surface area contributed by atoms with Gasteiger partial charge in [0, 0.05) is 17.0 Å². The standard InChI is InChI=1S/C19H21ClN4O2S/c1-6-9-24-16(25)13-10-12(20)7-8-14(13)21-18(24)27-11(2)15-22-17(23-26-15)19(3,4)5/h6-8,10-11H,1,9H2,2-5H3/t11-/m0/s1. The van der Waals surface area contributed by atoms with E-state index in [1.54, 1.807) is 28.8 Å². The number of fused-ring (bicyclic) bond motifs is 1. The lowest BCUT2D eigenvalue weighted by Gasteiger charge is -2.14. The van der Waals surface area contributed by atoms with Crippen LogP contribution in [0.4, 0.5) is 0 Å². The largest absolute Gasteiger partial charge is 0.338 e. The van der Waals surface area contributed by atoms with E-state index in [-0.39, 0.29) is 16.2 Å². The summed E-state index contributed by atoms with van der Waals surface area (Å²) in [5, 5.41) is 5.45. The van der Waals surface area contributed by atoms with E-state index in [0.29, 0.717) is 39.3 Å². The molecule has 3 aromatic rings. The summed E-state index contributed by atoms with van der Waals surface area (Å²) in [5.74, 6) is 1.15. The average molecular weight is 405 g/mol. The molecule has 0 spiro atoms. The Labute approximate surface area is 166 Å². The summed E-state index contributed by atoms with van der Waals surface area (Å²) < 4.78 is 7.00. The van der Waals surface area contributed by atoms with Crippen molar-refractivity contribution in [3.05, 3.63) is 57.9 Å². The second-order valence-electron chi connectivity index (χ2n) is 7.23. The van der Waals surface area contributed by atoms with Gasteiger partial charge in [-0.2, -0.15) is 4.98 Å². The first-order valence-corrected chi connectivity index (χ1v) is 9.78. The van der Waals surface area contributed by atoms with Crippen molar-refractivity contribution < 1.29 is 4.52 Å². The van der Waals surface area contributed by atoms with E-state index in [1.165, 1.54) is 11.8 Å². The van der Waals surface area contributed by atoms with Crippen LogP contribution in [0.2, 0.25) is 5.02 Å². The highest BCUT2D eigenvalue weighted by molar-refractivity contribution is 7.99. The molecule has 0 amide bonds. The Morgan fingerprint density at radius 2 is 2.11 bits per heavy atom. The van der Waals surface area contributed by atoms with Crippen LogP contribution in [0.15, 0.2) is 45.3 Å². The van der Waals surface area contributed by atoms with Crippen LogP contribution >= 0.6 is 23.4 Å². The normalized spacial score (nSPS) is 13.1. The smallest absolute Gasteiger partial charge is 0.262 e. The van der Waals surface area contributed by atoms with Gasteiger partial charge in [0.15, 0.2) is 11.0 Å². The molecule has 0 aliphatic carbocycles. The Balaban J connectivity index is 2.01. The molecule has 8 heteroatoms. The molecule has 0 N–H and O–H groups in total. The maximum absolute atomic E-state index is 12.9. The van der Waals surface area contributed by atoms with Crippen molar-refractivity contribution in [3.8, 4) is 0 Å². The molecule has 1 aromatic carbocycles. The van der Waals surface area contributed by atoms with Gasteiger partial charge >= 0.3 is 0 Å². The minimum atomic E-state index is -0.197. The minimum Gasteiger partial charge on any atom is -0.338 e. The van der Waals surface area contributed by atoms with Gasteiger partial charge in [-0.3, -0.25) is 9.36 Å². The van der Waals surface area contributed by atoms with E-state index >= 15 is 0 Å². The highest BCUT2D eigenvalue weighted by Crippen LogP contribution is 2.34. The van der Waals surface area contributed by atoms with Gasteiger partial charge in [-0.1, -0.05) is 55.4 Å². The zero-order chi connectivity index (χ0) is 19.8. The molecule has 3 rings (SSSR count). The number of thioether (sulfide) groups is 1. The SMILES string of the molecule is C=CCn1c(S[C@@H](C)c2nc(C(C)(C)C)no2)nc2ccc(Cl)cc2c1=O. The van der Waals surface area contributed by atoms with Crippen LogP contribution in [0, 0.1) is 0 Å². The fraction of sp³-hybridized carbons (Fsp3) is 0.368. The van der Waals surface area contributed by atoms with E-state index in [0.717, 1.165) is 0 Å². The predicted molar refractivity (Wildman–Crippen MR) is 108 cm³/mol. The maximum atomic E-state index is 12.9. The lowest BCUT2D eigenvalue weighted by atomic mass is 9.96. The molecule has 6 nitrogen and oxygen atoms in total. The summed E-state index contributed by atoms with van der Waals surface area (Å²) in [4.78, 5) is 22.0. The van der Waals surface area contributed by atoms with Gasteiger partial charge in [0.05, 0.1) is 16.2 Å². The number of aromatic nitrogens is 4. The Morgan fingerprint density at radius 3 is 2.74 bits per heavy atom. The van der Waals surface area contributed by atoms with Crippen LogP contribution in [-0.2, 0) is 12.0 Å². The third-order valence-electron chi connectivity index (χ3n) is 3.94. The van der Waals surface area contributed by atoms with Crippen LogP contribution in [0.3, 0.4) is 0 Å². The van der Waals surface area contributed by atoms with Gasteiger partial charge in [0.2, 0.25) is 5.89 Å². The quantitative estimate of drug-likeness (QED) is 0.346. The summed E-state index contributed by atoms with van der Waals surface area (Å²) >= 11 is 7.43. The molecule has 2 heterocycles. The molecule has 0 fully saturated rings. The molecule has 0 radical (unpaired) electrons. The van der Waals surface area contributed by atoms with Gasteiger partial charge in [-0.15, -0.1) is 6.58 Å². The molecule has 1 atom stereocenters. The summed E-state index contributed by atoms with van der Waals surface area (Å²) in [6.07, 6.45) is 1.67. The second kappa shape index (κ2) is 7.48. The zero-order valence-electron chi connectivity index (χ0n) is 15.7. The number of allylic oxidation sites excluding steroid dienone is 1. The van der Waals surface area contributed by atoms with Gasteiger partial charge in [-0.25, -0.2) is 4.98 Å². The van der Waals surface area contributed by atoms with Crippen LogP contribution in [0.25, 0.3) is 10.9 Å². The molecule has 142 valence electrons. The lowest BCUT2D eigenvalue weighted by molar-refractivity contribution is 0.364. The second-order valence-corrected chi connectivity index (χ2v) is 8.97. The predicted octanol–water partition coefficient (Wildman–Crippen LogP) is 4.77. The van der Waals surface area contributed by atoms with Crippen molar-refractivity contribution in [1.82, 2.24) is 19.7 Å². The first-order chi connectivity index (χ1) is 12.7. The number of hydrogen-bond donors (Lipinski definition) is 0. The first-order valence-electron chi connectivity index (χ1n) is 8.52. The van der Waals surface area contributed by atoms with Crippen LogP contribution in [0.1, 0.15) is 44.7 Å². The van der Waals surface area contributed by atoms with Crippen molar-refractivity contribution in [2.75, 3.05) is 0 Å². The Hall–Kier alpha value is -2.12. The molecular formula is C19H21ClN4O2S. The van der Waals surface area contributed by atoms with Gasteiger partial charge < -0.3 is 4.52 Å². The molecule has 0 aliphatic heterocycles. The number of rotatable bonds is 5. The van der Waals surface area contributed by atoms with E-state index < -0.39 is 0 Å². The summed E-state index contributed by atoms with van der Waals surface area (Å²) in [6, 6.07) is 5.10. The number of halogens is 1. The minimum absolute atomic E-state index is 0.155. The van der Waals surface area contributed by atoms with Crippen molar-refractivity contribution in [2.45, 2.75) is 50.1 Å². The summed E-state index contributed by atoms with van der Waals surface area (Å²) in [6.45, 7) is 12.1. The van der Waals surface area contributed by atoms with E-state index in [9.17, 15) is 4.79 Å². The molecular weight excluding hydrogens is 384 g/mol. The summed E-state index contributed by atoms with van der Waals surface area (Å²) in [5.41, 5.74) is 0.246. The Bertz CT molecular complexity index is 1050. The Morgan fingerprint density at radius 1 is 1.37 bits per heavy atom. The van der Waals surface area contributed by atoms with Gasteiger partial charge in [0.25, 0.3) is 5.56 Å². The average Bonchev–Trinajstić information content (AvgIpc) is 3.09. The van der Waals surface area contributed by atoms with E-state index in [1.807, 2.05) is 27.7 Å². The monoisotopic (exact) mass is 404 g/mol. The lowest BCUT2D eigenvalue weighted by Crippen LogP contribution is -2.23. The molecule has 0 unspecified atom stereocenters. The fourth-order valence-corrected chi connectivity index (χ4v) is 3.59. The van der Waals surface area contributed by atoms with Crippen LogP contribution < -0.4 is 5.56 Å². The summed E-state index contributed by atoms with van der Waals surface area (Å²) in [7, 11) is 0. The van der Waals surface area contributed by atoms with Crippen molar-refractivity contribution in [3.63, 3.8) is 0 Å². The first kappa shape index (κ1) is 19.6. The zero-order valence-corrected chi connectivity index (χ0v) is 17.3. The molecule has 0 aliphatic rings.